The Morgan fingerprint density at radius 3 is 2.50 bits per heavy atom. The molecule has 0 aromatic rings. The third kappa shape index (κ3) is 3.47. The molecule has 0 heterocycles. The van der Waals surface area contributed by atoms with Crippen molar-refractivity contribution in [3.05, 3.63) is 6.92 Å². The molecule has 1 atom stereocenters. The van der Waals surface area contributed by atoms with Crippen molar-refractivity contribution in [2.75, 3.05) is 0 Å². The molecule has 0 aliphatic carbocycles. The quantitative estimate of drug-likeness (QED) is 0.465. The fraction of sp³-hybridized carbons (Fsp3) is 0.500. The standard InChI is InChI=1S/C4H7NO/c1-4(2)5-3-6/h4H,1H2,2H3,(H,5,6). The summed E-state index contributed by atoms with van der Waals surface area (Å²) in [6, 6.07) is -0.0255. The van der Waals surface area contributed by atoms with Gasteiger partial charge in [0, 0.05) is 6.04 Å². The molecule has 1 N–H and O–H groups in total. The predicted octanol–water partition coefficient (Wildman–Crippen LogP) is -0.134. The summed E-state index contributed by atoms with van der Waals surface area (Å²) in [6.07, 6.45) is 1.50. The van der Waals surface area contributed by atoms with E-state index >= 15 is 0 Å². The molecular formula is C4H7NO. The minimum Gasteiger partial charge on any atom is -0.345 e. The lowest BCUT2D eigenvalue weighted by Crippen LogP contribution is -2.19. The highest BCUT2D eigenvalue weighted by Crippen LogP contribution is 1.66. The van der Waals surface area contributed by atoms with E-state index in [-0.39, 0.29) is 6.04 Å². The van der Waals surface area contributed by atoms with Gasteiger partial charge in [0.1, 0.15) is 0 Å². The van der Waals surface area contributed by atoms with E-state index in [4.69, 9.17) is 0 Å². The van der Waals surface area contributed by atoms with Crippen molar-refractivity contribution in [3.8, 4) is 0 Å². The van der Waals surface area contributed by atoms with Gasteiger partial charge in [-0.05, 0) is 13.8 Å². The van der Waals surface area contributed by atoms with E-state index in [1.807, 2.05) is 0 Å². The monoisotopic (exact) mass is 85.1 g/mol. The molecule has 0 saturated carbocycles. The molecule has 0 aromatic carbocycles. The molecule has 0 rings (SSSR count). The van der Waals surface area contributed by atoms with Gasteiger partial charge < -0.3 is 5.32 Å². The first-order chi connectivity index (χ1) is 2.77. The highest BCUT2D eigenvalue weighted by atomic mass is 16.1. The maximum atomic E-state index is 9.34. The van der Waals surface area contributed by atoms with Crippen LogP contribution in [0.15, 0.2) is 0 Å². The Morgan fingerprint density at radius 1 is 2.00 bits per heavy atom. The van der Waals surface area contributed by atoms with Crippen molar-refractivity contribution in [1.82, 2.24) is 5.32 Å². The van der Waals surface area contributed by atoms with Gasteiger partial charge in [-0.3, -0.25) is 4.79 Å². The van der Waals surface area contributed by atoms with Crippen LogP contribution >= 0.6 is 0 Å². The molecule has 2 nitrogen and oxygen atoms in total. The summed E-state index contributed by atoms with van der Waals surface area (Å²) >= 11 is 0. The summed E-state index contributed by atoms with van der Waals surface area (Å²) in [5.41, 5.74) is 0. The van der Waals surface area contributed by atoms with Gasteiger partial charge in [-0.25, -0.2) is 0 Å². The van der Waals surface area contributed by atoms with Crippen LogP contribution in [-0.4, -0.2) is 12.5 Å². The van der Waals surface area contributed by atoms with Crippen LogP contribution in [-0.2, 0) is 4.79 Å². The Labute approximate surface area is 37.5 Å². The van der Waals surface area contributed by atoms with Gasteiger partial charge in [-0.15, -0.1) is 0 Å². The van der Waals surface area contributed by atoms with E-state index in [0.717, 1.165) is 0 Å². The van der Waals surface area contributed by atoms with Crippen LogP contribution in [0.25, 0.3) is 0 Å². The first-order valence-electron chi connectivity index (χ1n) is 1.73. The second-order valence-corrected chi connectivity index (χ2v) is 1.15. The minimum atomic E-state index is -0.0255. The van der Waals surface area contributed by atoms with Crippen molar-refractivity contribution < 1.29 is 4.79 Å². The Balaban J connectivity index is 2.81. The van der Waals surface area contributed by atoms with Crippen LogP contribution in [0, 0.1) is 6.92 Å². The summed E-state index contributed by atoms with van der Waals surface area (Å²) in [6.45, 7) is 5.22. The van der Waals surface area contributed by atoms with Gasteiger partial charge in [0.05, 0.1) is 0 Å². The fourth-order valence-corrected chi connectivity index (χ4v) is 0.101. The normalized spacial score (nSPS) is 8.50. The van der Waals surface area contributed by atoms with Crippen molar-refractivity contribution in [2.45, 2.75) is 13.0 Å². The predicted molar refractivity (Wildman–Crippen MR) is 23.6 cm³/mol. The molecule has 2 heteroatoms. The lowest BCUT2D eigenvalue weighted by molar-refractivity contribution is 0.537. The van der Waals surface area contributed by atoms with E-state index in [1.54, 1.807) is 6.92 Å². The van der Waals surface area contributed by atoms with Gasteiger partial charge in [-0.1, -0.05) is 0 Å². The largest absolute Gasteiger partial charge is 0.345 e. The lowest BCUT2D eigenvalue weighted by atomic mass is 10.4. The number of carbonyl (C=O) groups excluding carboxylic acids is 1. The van der Waals surface area contributed by atoms with E-state index in [2.05, 4.69) is 12.2 Å². The Bertz CT molecular complexity index is 42.8. The Hall–Kier alpha value is -0.530. The molecule has 6 heavy (non-hydrogen) atoms. The van der Waals surface area contributed by atoms with Crippen LogP contribution in [0.5, 0.6) is 0 Å². The highest BCUT2D eigenvalue weighted by molar-refractivity contribution is 5.47. The van der Waals surface area contributed by atoms with E-state index in [9.17, 15) is 4.79 Å². The number of rotatable bonds is 2. The van der Waals surface area contributed by atoms with Crippen molar-refractivity contribution in [2.24, 2.45) is 0 Å². The van der Waals surface area contributed by atoms with Crippen molar-refractivity contribution in [3.63, 3.8) is 0 Å². The molecule has 0 spiro atoms. The van der Waals surface area contributed by atoms with Crippen LogP contribution in [0.4, 0.5) is 0 Å². The summed E-state index contributed by atoms with van der Waals surface area (Å²) in [5, 5.41) is 2.29. The first-order valence-corrected chi connectivity index (χ1v) is 1.73. The molecular weight excluding hydrogens is 78.0 g/mol. The molecule has 34 valence electrons. The smallest absolute Gasteiger partial charge is 0.309 e. The Morgan fingerprint density at radius 2 is 2.50 bits per heavy atom. The Kier molecular flexibility index (Phi) is 2.46. The zero-order chi connectivity index (χ0) is 4.99. The van der Waals surface area contributed by atoms with Crippen LogP contribution in [0.1, 0.15) is 6.92 Å². The maximum absolute atomic E-state index is 9.34. The third-order valence-corrected chi connectivity index (χ3v) is 0.305. The summed E-state index contributed by atoms with van der Waals surface area (Å²) in [5.74, 6) is 0. The first kappa shape index (κ1) is 5.47. The average molecular weight is 85.1 g/mol. The molecule has 1 unspecified atom stereocenters. The molecule has 0 aromatic heterocycles. The van der Waals surface area contributed by atoms with Crippen molar-refractivity contribution in [1.29, 1.82) is 0 Å². The number of nitrogens with one attached hydrogen (secondary N) is 1. The van der Waals surface area contributed by atoms with Crippen LogP contribution in [0.2, 0.25) is 0 Å². The fourth-order valence-electron chi connectivity index (χ4n) is 0.101. The second-order valence-electron chi connectivity index (χ2n) is 1.15. The molecule has 0 aliphatic heterocycles. The van der Waals surface area contributed by atoms with E-state index < -0.39 is 0 Å². The zero-order valence-corrected chi connectivity index (χ0v) is 3.69. The number of hydrogen-bond acceptors (Lipinski definition) is 1. The lowest BCUT2D eigenvalue weighted by Gasteiger charge is -1.94. The van der Waals surface area contributed by atoms with Gasteiger partial charge in [0.2, 0.25) is 0 Å². The van der Waals surface area contributed by atoms with Gasteiger partial charge in [0.15, 0.2) is 0 Å². The molecule has 0 fully saturated rings. The maximum Gasteiger partial charge on any atom is 0.309 e. The number of hydrogen-bond donors (Lipinski definition) is 1. The summed E-state index contributed by atoms with van der Waals surface area (Å²) < 4.78 is 0. The molecule has 1 amide bonds. The van der Waals surface area contributed by atoms with Gasteiger partial charge in [0.25, 0.3) is 0 Å². The topological polar surface area (TPSA) is 29.1 Å². The second kappa shape index (κ2) is 2.69. The summed E-state index contributed by atoms with van der Waals surface area (Å²) in [7, 11) is 0. The van der Waals surface area contributed by atoms with Crippen LogP contribution in [0.3, 0.4) is 0 Å². The minimum absolute atomic E-state index is 0.0255. The van der Waals surface area contributed by atoms with Gasteiger partial charge >= 0.3 is 6.41 Å². The SMILES string of the molecule is [CH2]C(C)N[C]=O. The molecule has 0 bridgehead atoms. The summed E-state index contributed by atoms with van der Waals surface area (Å²) in [4.78, 5) is 9.34. The highest BCUT2D eigenvalue weighted by Gasteiger charge is 1.83. The molecule has 2 radical (unpaired) electrons. The molecule has 0 saturated heterocycles. The van der Waals surface area contributed by atoms with E-state index in [1.165, 1.54) is 6.41 Å². The van der Waals surface area contributed by atoms with Crippen LogP contribution < -0.4 is 5.32 Å². The third-order valence-electron chi connectivity index (χ3n) is 0.305. The molecule has 0 aliphatic rings. The van der Waals surface area contributed by atoms with Crippen molar-refractivity contribution >= 4 is 6.41 Å². The zero-order valence-electron chi connectivity index (χ0n) is 3.69. The average Bonchev–Trinajstić information content (AvgIpc) is 1.35. The number of amides is 1. The van der Waals surface area contributed by atoms with E-state index in [0.29, 0.717) is 0 Å². The van der Waals surface area contributed by atoms with Gasteiger partial charge in [-0.2, -0.15) is 0 Å².